The lowest BCUT2D eigenvalue weighted by Crippen LogP contribution is -2.50. The third-order valence-corrected chi connectivity index (χ3v) is 5.71. The number of rotatable bonds is 6. The van der Waals surface area contributed by atoms with E-state index in [0.717, 1.165) is 0 Å². The molecule has 152 valence electrons. The number of thioether (sulfide) groups is 1. The molecule has 2 atom stereocenters. The van der Waals surface area contributed by atoms with Crippen molar-refractivity contribution in [3.05, 3.63) is 12.1 Å². The zero-order valence-corrected chi connectivity index (χ0v) is 16.8. The number of ether oxygens (including phenoxy) is 3. The van der Waals surface area contributed by atoms with Gasteiger partial charge in [0.25, 0.3) is 0 Å². The zero-order chi connectivity index (χ0) is 20.3. The van der Waals surface area contributed by atoms with Crippen molar-refractivity contribution in [2.75, 3.05) is 38.3 Å². The van der Waals surface area contributed by atoms with Crippen LogP contribution in [0.3, 0.4) is 0 Å². The molecule has 28 heavy (non-hydrogen) atoms. The van der Waals surface area contributed by atoms with E-state index in [9.17, 15) is 14.4 Å². The van der Waals surface area contributed by atoms with E-state index in [0.29, 0.717) is 47.4 Å². The molecule has 0 bridgehead atoms. The SMILES string of the molecule is COc1cc(NC(=O)[C@@H]2CSCN2C(=O)[C@@H]2CCC(=O)N2)cc(OC)c1OC. The number of nitrogens with zero attached hydrogens (tertiary/aromatic N) is 1. The monoisotopic (exact) mass is 409 g/mol. The Morgan fingerprint density at radius 1 is 1.18 bits per heavy atom. The molecule has 0 radical (unpaired) electrons. The number of hydrogen-bond acceptors (Lipinski definition) is 7. The standard InChI is InChI=1S/C18H23N3O6S/c1-25-13-6-10(7-14(26-2)16(13)27-3)19-17(23)12-8-28-9-21(12)18(24)11-4-5-15(22)20-11/h6-7,11-12H,4-5,8-9H2,1-3H3,(H,19,23)(H,20,22)/t11-,12-/m0/s1. The van der Waals surface area contributed by atoms with Crippen LogP contribution in [0.2, 0.25) is 0 Å². The Labute approximate surface area is 167 Å². The van der Waals surface area contributed by atoms with Crippen LogP contribution in [0, 0.1) is 0 Å². The topological polar surface area (TPSA) is 106 Å². The first-order chi connectivity index (χ1) is 13.5. The Hall–Kier alpha value is -2.62. The minimum atomic E-state index is -0.617. The fraction of sp³-hybridized carbons (Fsp3) is 0.500. The summed E-state index contributed by atoms with van der Waals surface area (Å²) in [6, 6.07) is 2.09. The highest BCUT2D eigenvalue weighted by Crippen LogP contribution is 2.40. The van der Waals surface area contributed by atoms with Crippen molar-refractivity contribution >= 4 is 35.2 Å². The van der Waals surface area contributed by atoms with E-state index in [4.69, 9.17) is 14.2 Å². The third kappa shape index (κ3) is 3.96. The zero-order valence-electron chi connectivity index (χ0n) is 15.9. The van der Waals surface area contributed by atoms with Crippen LogP contribution in [0.5, 0.6) is 17.2 Å². The Morgan fingerprint density at radius 3 is 2.39 bits per heavy atom. The molecule has 9 nitrogen and oxygen atoms in total. The summed E-state index contributed by atoms with van der Waals surface area (Å²) in [5, 5.41) is 5.48. The second-order valence-corrected chi connectivity index (χ2v) is 7.39. The van der Waals surface area contributed by atoms with E-state index in [2.05, 4.69) is 10.6 Å². The molecule has 2 aliphatic rings. The summed E-state index contributed by atoms with van der Waals surface area (Å²) in [6.07, 6.45) is 0.791. The molecule has 0 spiro atoms. The van der Waals surface area contributed by atoms with E-state index < -0.39 is 12.1 Å². The summed E-state index contributed by atoms with van der Waals surface area (Å²) >= 11 is 1.50. The van der Waals surface area contributed by atoms with Gasteiger partial charge in [0.15, 0.2) is 11.5 Å². The molecule has 3 amide bonds. The maximum absolute atomic E-state index is 12.8. The van der Waals surface area contributed by atoms with E-state index in [-0.39, 0.29) is 17.7 Å². The lowest BCUT2D eigenvalue weighted by atomic mass is 10.1. The van der Waals surface area contributed by atoms with Crippen LogP contribution in [-0.2, 0) is 14.4 Å². The number of nitrogens with one attached hydrogen (secondary N) is 2. The molecule has 2 N–H and O–H groups in total. The number of anilines is 1. The molecule has 3 rings (SSSR count). The summed E-state index contributed by atoms with van der Waals surface area (Å²) in [4.78, 5) is 38.5. The number of benzene rings is 1. The summed E-state index contributed by atoms with van der Waals surface area (Å²) < 4.78 is 15.9. The minimum absolute atomic E-state index is 0.136. The van der Waals surface area contributed by atoms with Crippen molar-refractivity contribution in [1.82, 2.24) is 10.2 Å². The second kappa shape index (κ2) is 8.59. The third-order valence-electron chi connectivity index (χ3n) is 4.69. The first-order valence-corrected chi connectivity index (χ1v) is 9.92. The van der Waals surface area contributed by atoms with Gasteiger partial charge in [-0.05, 0) is 6.42 Å². The summed E-state index contributed by atoms with van der Waals surface area (Å²) in [7, 11) is 4.49. The maximum Gasteiger partial charge on any atom is 0.248 e. The lowest BCUT2D eigenvalue weighted by molar-refractivity contribution is -0.138. The predicted octanol–water partition coefficient (Wildman–Crippen LogP) is 0.831. The van der Waals surface area contributed by atoms with Crippen LogP contribution in [-0.4, -0.2) is 67.7 Å². The van der Waals surface area contributed by atoms with Gasteiger partial charge < -0.3 is 29.7 Å². The molecule has 0 unspecified atom stereocenters. The molecular weight excluding hydrogens is 386 g/mol. The molecule has 1 aromatic rings. The van der Waals surface area contributed by atoms with Gasteiger partial charge in [-0.2, -0.15) is 0 Å². The maximum atomic E-state index is 12.8. The van der Waals surface area contributed by atoms with Crippen molar-refractivity contribution in [1.29, 1.82) is 0 Å². The van der Waals surface area contributed by atoms with Crippen molar-refractivity contribution in [2.45, 2.75) is 24.9 Å². The van der Waals surface area contributed by atoms with Gasteiger partial charge in [-0.25, -0.2) is 0 Å². The first kappa shape index (κ1) is 20.1. The van der Waals surface area contributed by atoms with Crippen LogP contribution < -0.4 is 24.8 Å². The highest BCUT2D eigenvalue weighted by molar-refractivity contribution is 7.99. The molecule has 0 saturated carbocycles. The molecule has 10 heteroatoms. The van der Waals surface area contributed by atoms with Crippen LogP contribution in [0.4, 0.5) is 5.69 Å². The van der Waals surface area contributed by atoms with Crippen molar-refractivity contribution in [3.8, 4) is 17.2 Å². The molecule has 2 fully saturated rings. The Kier molecular flexibility index (Phi) is 6.18. The van der Waals surface area contributed by atoms with Gasteiger partial charge in [-0.3, -0.25) is 14.4 Å². The Balaban J connectivity index is 1.75. The average molecular weight is 409 g/mol. The van der Waals surface area contributed by atoms with Crippen molar-refractivity contribution in [2.24, 2.45) is 0 Å². The van der Waals surface area contributed by atoms with E-state index in [1.54, 1.807) is 12.1 Å². The van der Waals surface area contributed by atoms with Crippen LogP contribution in [0.15, 0.2) is 12.1 Å². The van der Waals surface area contributed by atoms with E-state index >= 15 is 0 Å². The quantitative estimate of drug-likeness (QED) is 0.717. The first-order valence-electron chi connectivity index (χ1n) is 8.77. The fourth-order valence-electron chi connectivity index (χ4n) is 3.26. The summed E-state index contributed by atoms with van der Waals surface area (Å²) in [5.74, 6) is 1.50. The van der Waals surface area contributed by atoms with Gasteiger partial charge in [0, 0.05) is 30.0 Å². The highest BCUT2D eigenvalue weighted by atomic mass is 32.2. The normalized spacial score (nSPS) is 21.2. The van der Waals surface area contributed by atoms with Crippen LogP contribution >= 0.6 is 11.8 Å². The van der Waals surface area contributed by atoms with Crippen LogP contribution in [0.1, 0.15) is 12.8 Å². The fourth-order valence-corrected chi connectivity index (χ4v) is 4.42. The van der Waals surface area contributed by atoms with E-state index in [1.807, 2.05) is 0 Å². The second-order valence-electron chi connectivity index (χ2n) is 6.39. The highest BCUT2D eigenvalue weighted by Gasteiger charge is 2.39. The average Bonchev–Trinajstić information content (AvgIpc) is 3.35. The molecule has 2 aliphatic heterocycles. The van der Waals surface area contributed by atoms with E-state index in [1.165, 1.54) is 38.0 Å². The minimum Gasteiger partial charge on any atom is -0.493 e. The van der Waals surface area contributed by atoms with Gasteiger partial charge in [-0.1, -0.05) is 0 Å². The summed E-state index contributed by atoms with van der Waals surface area (Å²) in [5.41, 5.74) is 0.470. The van der Waals surface area contributed by atoms with Crippen LogP contribution in [0.25, 0.3) is 0 Å². The number of carbonyl (C=O) groups excluding carboxylic acids is 3. The molecular formula is C18H23N3O6S. The molecule has 1 aromatic carbocycles. The largest absolute Gasteiger partial charge is 0.493 e. The van der Waals surface area contributed by atoms with Gasteiger partial charge in [0.05, 0.1) is 27.2 Å². The number of amides is 3. The summed E-state index contributed by atoms with van der Waals surface area (Å²) in [6.45, 7) is 0. The number of carbonyl (C=O) groups is 3. The predicted molar refractivity (Wildman–Crippen MR) is 104 cm³/mol. The van der Waals surface area contributed by atoms with Crippen molar-refractivity contribution in [3.63, 3.8) is 0 Å². The Morgan fingerprint density at radius 2 is 1.86 bits per heavy atom. The molecule has 2 saturated heterocycles. The molecule has 0 aliphatic carbocycles. The van der Waals surface area contributed by atoms with Gasteiger partial charge in [-0.15, -0.1) is 11.8 Å². The molecule has 0 aromatic heterocycles. The van der Waals surface area contributed by atoms with Crippen molar-refractivity contribution < 1.29 is 28.6 Å². The Bertz CT molecular complexity index is 762. The number of hydrogen-bond donors (Lipinski definition) is 2. The molecule has 2 heterocycles. The van der Waals surface area contributed by atoms with Gasteiger partial charge >= 0.3 is 0 Å². The van der Waals surface area contributed by atoms with Gasteiger partial charge in [0.1, 0.15) is 12.1 Å². The smallest absolute Gasteiger partial charge is 0.248 e. The van der Waals surface area contributed by atoms with Gasteiger partial charge in [0.2, 0.25) is 23.5 Å². The lowest BCUT2D eigenvalue weighted by Gasteiger charge is -2.26. The number of methoxy groups -OCH3 is 3.